The van der Waals surface area contributed by atoms with E-state index in [1.54, 1.807) is 61.2 Å². The highest BCUT2D eigenvalue weighted by molar-refractivity contribution is 9.10. The first-order chi connectivity index (χ1) is 13.3. The molecule has 0 aliphatic heterocycles. The van der Waals surface area contributed by atoms with Gasteiger partial charge < -0.3 is 4.90 Å². The SMILES string of the molecule is CCN(CC)C1=C(S(=O)(=O)Nc2ccc(Br)cc2)C(=O)c2ccccc2C1=O. The Morgan fingerprint density at radius 1 is 0.893 bits per heavy atom. The largest absolute Gasteiger partial charge is 0.368 e. The molecule has 0 saturated carbocycles. The minimum absolute atomic E-state index is 0.0849. The van der Waals surface area contributed by atoms with Gasteiger partial charge in [0.2, 0.25) is 11.6 Å². The van der Waals surface area contributed by atoms with E-state index in [4.69, 9.17) is 0 Å². The fourth-order valence-electron chi connectivity index (χ4n) is 3.14. The minimum atomic E-state index is -4.29. The van der Waals surface area contributed by atoms with Gasteiger partial charge in [-0.1, -0.05) is 40.2 Å². The maximum atomic E-state index is 13.2. The lowest BCUT2D eigenvalue weighted by Gasteiger charge is -2.29. The van der Waals surface area contributed by atoms with Crippen LogP contribution in [0.15, 0.2) is 63.6 Å². The molecule has 1 N–H and O–H groups in total. The number of Topliss-reactive ketones (excluding diaryl/α,β-unsaturated/α-hetero) is 2. The number of hydrogen-bond donors (Lipinski definition) is 1. The molecule has 2 aromatic rings. The molecule has 0 atom stereocenters. The third-order valence-corrected chi connectivity index (χ3v) is 6.45. The number of hydrogen-bond acceptors (Lipinski definition) is 5. The molecular weight excluding hydrogens is 444 g/mol. The molecule has 0 amide bonds. The molecule has 0 bridgehead atoms. The molecule has 0 radical (unpaired) electrons. The predicted octanol–water partition coefficient (Wildman–Crippen LogP) is 3.82. The zero-order chi connectivity index (χ0) is 20.5. The van der Waals surface area contributed by atoms with Gasteiger partial charge in [0.15, 0.2) is 4.91 Å². The van der Waals surface area contributed by atoms with E-state index in [2.05, 4.69) is 20.7 Å². The first kappa shape index (κ1) is 20.3. The third-order valence-electron chi connectivity index (χ3n) is 4.50. The predicted molar refractivity (Wildman–Crippen MR) is 112 cm³/mol. The van der Waals surface area contributed by atoms with Crippen molar-refractivity contribution in [3.63, 3.8) is 0 Å². The summed E-state index contributed by atoms with van der Waals surface area (Å²) >= 11 is 3.29. The summed E-state index contributed by atoms with van der Waals surface area (Å²) in [6.45, 7) is 4.40. The summed E-state index contributed by atoms with van der Waals surface area (Å²) in [7, 11) is -4.29. The van der Waals surface area contributed by atoms with E-state index < -0.39 is 26.5 Å². The second-order valence-corrected chi connectivity index (χ2v) is 8.70. The Balaban J connectivity index is 2.19. The Bertz CT molecular complexity index is 1070. The van der Waals surface area contributed by atoms with Crippen LogP contribution in [-0.2, 0) is 10.0 Å². The summed E-state index contributed by atoms with van der Waals surface area (Å²) in [6.07, 6.45) is 0. The Labute approximate surface area is 172 Å². The molecule has 3 rings (SSSR count). The number of allylic oxidation sites excluding steroid dienone is 2. The van der Waals surface area contributed by atoms with Crippen molar-refractivity contribution in [2.75, 3.05) is 17.8 Å². The third kappa shape index (κ3) is 3.62. The zero-order valence-electron chi connectivity index (χ0n) is 15.4. The van der Waals surface area contributed by atoms with Crippen molar-refractivity contribution in [1.82, 2.24) is 4.90 Å². The molecule has 1 aliphatic carbocycles. The standard InChI is InChI=1S/C20H19BrN2O4S/c1-3-23(4-2)17-18(24)15-7-5-6-8-16(15)19(25)20(17)28(26,27)22-14-11-9-13(21)10-12-14/h5-12,22H,3-4H2,1-2H3. The molecule has 0 unspecified atom stereocenters. The van der Waals surface area contributed by atoms with Crippen LogP contribution in [0.3, 0.4) is 0 Å². The summed E-state index contributed by atoms with van der Waals surface area (Å²) in [4.78, 5) is 27.4. The van der Waals surface area contributed by atoms with E-state index in [1.807, 2.05) is 0 Å². The zero-order valence-corrected chi connectivity index (χ0v) is 17.8. The van der Waals surface area contributed by atoms with Crippen LogP contribution in [0, 0.1) is 0 Å². The molecule has 1 aliphatic rings. The lowest BCUT2D eigenvalue weighted by atomic mass is 9.92. The van der Waals surface area contributed by atoms with Crippen LogP contribution in [0.1, 0.15) is 34.6 Å². The van der Waals surface area contributed by atoms with E-state index in [1.165, 1.54) is 6.07 Å². The topological polar surface area (TPSA) is 83.6 Å². The second-order valence-electron chi connectivity index (χ2n) is 6.17. The number of nitrogens with zero attached hydrogens (tertiary/aromatic N) is 1. The van der Waals surface area contributed by atoms with Crippen molar-refractivity contribution < 1.29 is 18.0 Å². The summed E-state index contributed by atoms with van der Waals surface area (Å²) in [6, 6.07) is 12.8. The van der Waals surface area contributed by atoms with Crippen LogP contribution >= 0.6 is 15.9 Å². The average molecular weight is 463 g/mol. The van der Waals surface area contributed by atoms with Crippen LogP contribution in [0.5, 0.6) is 0 Å². The fraction of sp³-hybridized carbons (Fsp3) is 0.200. The number of anilines is 1. The lowest BCUT2D eigenvalue weighted by Crippen LogP contribution is -2.37. The number of carbonyl (C=O) groups excluding carboxylic acids is 2. The molecule has 2 aromatic carbocycles. The molecule has 0 heterocycles. The van der Waals surface area contributed by atoms with Crippen molar-refractivity contribution in [1.29, 1.82) is 0 Å². The highest BCUT2D eigenvalue weighted by atomic mass is 79.9. The van der Waals surface area contributed by atoms with Gasteiger partial charge in [-0.25, -0.2) is 8.42 Å². The number of sulfonamides is 1. The summed E-state index contributed by atoms with van der Waals surface area (Å²) in [5.41, 5.74) is 0.531. The number of rotatable bonds is 6. The number of likely N-dealkylation sites (N-methyl/N-ethyl adjacent to an activating group) is 1. The van der Waals surface area contributed by atoms with Crippen LogP contribution in [-0.4, -0.2) is 38.0 Å². The van der Waals surface area contributed by atoms with Crippen LogP contribution in [0.25, 0.3) is 0 Å². The molecular formula is C20H19BrN2O4S. The van der Waals surface area contributed by atoms with Crippen LogP contribution in [0.2, 0.25) is 0 Å². The van der Waals surface area contributed by atoms with Crippen molar-refractivity contribution in [3.05, 3.63) is 74.7 Å². The van der Waals surface area contributed by atoms with E-state index >= 15 is 0 Å². The number of carbonyl (C=O) groups is 2. The molecule has 0 saturated heterocycles. The highest BCUT2D eigenvalue weighted by Crippen LogP contribution is 2.32. The highest BCUT2D eigenvalue weighted by Gasteiger charge is 2.40. The minimum Gasteiger partial charge on any atom is -0.368 e. The Kier molecular flexibility index (Phi) is 5.71. The van der Waals surface area contributed by atoms with Gasteiger partial charge >= 0.3 is 0 Å². The number of halogens is 1. The fourth-order valence-corrected chi connectivity index (χ4v) is 4.78. The first-order valence-corrected chi connectivity index (χ1v) is 11.0. The molecule has 0 spiro atoms. The normalized spacial score (nSPS) is 14.1. The van der Waals surface area contributed by atoms with E-state index in [0.717, 1.165) is 4.47 Å². The number of fused-ring (bicyclic) bond motifs is 1. The summed E-state index contributed by atoms with van der Waals surface area (Å²) in [5.74, 6) is -1.14. The van der Waals surface area contributed by atoms with Crippen molar-refractivity contribution in [2.24, 2.45) is 0 Å². The number of nitrogens with one attached hydrogen (secondary N) is 1. The van der Waals surface area contributed by atoms with E-state index in [9.17, 15) is 18.0 Å². The molecule has 28 heavy (non-hydrogen) atoms. The molecule has 0 fully saturated rings. The first-order valence-electron chi connectivity index (χ1n) is 8.76. The maximum absolute atomic E-state index is 13.2. The van der Waals surface area contributed by atoms with Crippen LogP contribution in [0.4, 0.5) is 5.69 Å². The smallest absolute Gasteiger partial charge is 0.268 e. The molecule has 8 heteroatoms. The van der Waals surface area contributed by atoms with Crippen molar-refractivity contribution in [2.45, 2.75) is 13.8 Å². The average Bonchev–Trinajstić information content (AvgIpc) is 2.68. The van der Waals surface area contributed by atoms with E-state index in [-0.39, 0.29) is 16.8 Å². The summed E-state index contributed by atoms with van der Waals surface area (Å²) < 4.78 is 29.6. The lowest BCUT2D eigenvalue weighted by molar-refractivity contribution is 0.0949. The van der Waals surface area contributed by atoms with Gasteiger partial charge in [-0.2, -0.15) is 0 Å². The van der Waals surface area contributed by atoms with Gasteiger partial charge in [-0.15, -0.1) is 0 Å². The second kappa shape index (κ2) is 7.89. The number of benzene rings is 2. The monoisotopic (exact) mass is 462 g/mol. The maximum Gasteiger partial charge on any atom is 0.268 e. The van der Waals surface area contributed by atoms with Crippen molar-refractivity contribution >= 4 is 43.2 Å². The Morgan fingerprint density at radius 2 is 1.43 bits per heavy atom. The van der Waals surface area contributed by atoms with Gasteiger partial charge in [0.25, 0.3) is 10.0 Å². The van der Waals surface area contributed by atoms with Crippen molar-refractivity contribution in [3.8, 4) is 0 Å². The van der Waals surface area contributed by atoms with Gasteiger partial charge in [-0.05, 0) is 38.1 Å². The van der Waals surface area contributed by atoms with Gasteiger partial charge in [0, 0.05) is 34.4 Å². The molecule has 146 valence electrons. The Morgan fingerprint density at radius 3 is 1.96 bits per heavy atom. The Hall–Kier alpha value is -2.45. The quantitative estimate of drug-likeness (QED) is 0.704. The number of ketones is 2. The van der Waals surface area contributed by atoms with Gasteiger partial charge in [0.05, 0.1) is 0 Å². The summed E-state index contributed by atoms with van der Waals surface area (Å²) in [5, 5.41) is 0. The van der Waals surface area contributed by atoms with Gasteiger partial charge in [0.1, 0.15) is 5.70 Å². The van der Waals surface area contributed by atoms with Crippen LogP contribution < -0.4 is 4.72 Å². The van der Waals surface area contributed by atoms with Gasteiger partial charge in [-0.3, -0.25) is 14.3 Å². The molecule has 0 aromatic heterocycles. The molecule has 6 nitrogen and oxygen atoms in total. The van der Waals surface area contributed by atoms with E-state index in [0.29, 0.717) is 18.8 Å².